The predicted octanol–water partition coefficient (Wildman–Crippen LogP) is 3.34. The lowest BCUT2D eigenvalue weighted by Crippen LogP contribution is -2.07. The maximum absolute atomic E-state index is 12.1. The highest BCUT2D eigenvalue weighted by Crippen LogP contribution is 3.00. The Bertz CT molecular complexity index is 367. The summed E-state index contributed by atoms with van der Waals surface area (Å²) in [6, 6.07) is 0. The first-order chi connectivity index (χ1) is 5.52. The maximum atomic E-state index is 12.1. The molecule has 0 aliphatic carbocycles. The minimum Gasteiger partial charge on any atom is -0.318 e. The first kappa shape index (κ1) is 8.78. The average molecular weight is 204 g/mol. The number of rotatable bonds is 2. The smallest absolute Gasteiger partial charge is 0.144 e. The Morgan fingerprint density at radius 2 is 1.83 bits per heavy atom. The van der Waals surface area contributed by atoms with Gasteiger partial charge in [0, 0.05) is 23.3 Å². The largest absolute Gasteiger partial charge is 0.318 e. The van der Waals surface area contributed by atoms with Gasteiger partial charge in [0.1, 0.15) is 14.3 Å². The number of hydrogen-bond donors (Lipinski definition) is 0. The predicted molar refractivity (Wildman–Crippen MR) is 52.8 cm³/mol. The molecular formula is C8H14O2P2. The molecule has 0 N–H and O–H groups in total. The highest BCUT2D eigenvalue weighted by Gasteiger charge is 2.69. The van der Waals surface area contributed by atoms with Gasteiger partial charge < -0.3 is 9.13 Å². The van der Waals surface area contributed by atoms with Crippen LogP contribution in [0.15, 0.2) is 10.4 Å². The normalized spacial score (nSPS) is 50.1. The molecule has 3 unspecified atom stereocenters. The van der Waals surface area contributed by atoms with Crippen molar-refractivity contribution < 1.29 is 9.13 Å². The molecule has 2 aliphatic heterocycles. The van der Waals surface area contributed by atoms with Crippen LogP contribution in [0.3, 0.4) is 0 Å². The number of allylic oxidation sites excluding steroid dienone is 1. The van der Waals surface area contributed by atoms with E-state index in [1.807, 2.05) is 20.8 Å². The van der Waals surface area contributed by atoms with E-state index in [-0.39, 0.29) is 5.66 Å². The van der Waals surface area contributed by atoms with Gasteiger partial charge in [-0.2, -0.15) is 0 Å². The Morgan fingerprint density at radius 1 is 1.25 bits per heavy atom. The lowest BCUT2D eigenvalue weighted by molar-refractivity contribution is 0.575. The molecule has 3 atom stereocenters. The van der Waals surface area contributed by atoms with Gasteiger partial charge in [-0.1, -0.05) is 20.8 Å². The van der Waals surface area contributed by atoms with Crippen molar-refractivity contribution in [3.05, 3.63) is 10.4 Å². The Hall–Kier alpha value is 0.200. The van der Waals surface area contributed by atoms with Gasteiger partial charge in [-0.3, -0.25) is 0 Å². The van der Waals surface area contributed by atoms with E-state index in [4.69, 9.17) is 0 Å². The Balaban J connectivity index is 2.38. The SMILES string of the molecule is CCP1(=O)C2=C1P(=O)(CC)C2C. The van der Waals surface area contributed by atoms with E-state index in [0.29, 0.717) is 12.3 Å². The zero-order valence-electron chi connectivity index (χ0n) is 7.70. The Kier molecular flexibility index (Phi) is 1.58. The second-order valence-electron chi connectivity index (χ2n) is 3.55. The fourth-order valence-corrected chi connectivity index (χ4v) is 12.7. The monoisotopic (exact) mass is 204 g/mol. The van der Waals surface area contributed by atoms with Gasteiger partial charge >= 0.3 is 0 Å². The van der Waals surface area contributed by atoms with Crippen molar-refractivity contribution in [2.45, 2.75) is 26.4 Å². The molecule has 0 radical (unpaired) electrons. The third kappa shape index (κ3) is 0.659. The molecule has 0 aromatic carbocycles. The minimum absolute atomic E-state index is 0.156. The Labute approximate surface area is 73.2 Å². The summed E-state index contributed by atoms with van der Waals surface area (Å²) in [4.78, 5) is 0. The fraction of sp³-hybridized carbons (Fsp3) is 0.750. The average Bonchev–Trinajstić information content (AvgIpc) is 2.69. The summed E-state index contributed by atoms with van der Waals surface area (Å²) in [6.45, 7) is 5.85. The first-order valence-electron chi connectivity index (χ1n) is 4.46. The molecular weight excluding hydrogens is 190 g/mol. The van der Waals surface area contributed by atoms with Gasteiger partial charge in [-0.15, -0.1) is 0 Å². The van der Waals surface area contributed by atoms with Gasteiger partial charge in [0.05, 0.1) is 5.06 Å². The summed E-state index contributed by atoms with van der Waals surface area (Å²) >= 11 is 0. The molecule has 0 saturated carbocycles. The summed E-state index contributed by atoms with van der Waals surface area (Å²) in [5.74, 6) is 0. The highest BCUT2D eigenvalue weighted by atomic mass is 31.2. The first-order valence-corrected chi connectivity index (χ1v) is 8.31. The van der Waals surface area contributed by atoms with Crippen molar-refractivity contribution in [2.24, 2.45) is 0 Å². The molecule has 4 heteroatoms. The van der Waals surface area contributed by atoms with Gasteiger partial charge in [0.15, 0.2) is 0 Å². The van der Waals surface area contributed by atoms with Crippen LogP contribution in [-0.4, -0.2) is 18.0 Å². The molecule has 0 aromatic rings. The zero-order chi connectivity index (χ0) is 9.15. The molecule has 2 aliphatic rings. The van der Waals surface area contributed by atoms with Crippen molar-refractivity contribution in [3.8, 4) is 0 Å². The lowest BCUT2D eigenvalue weighted by Gasteiger charge is -2.22. The Morgan fingerprint density at radius 3 is 2.08 bits per heavy atom. The van der Waals surface area contributed by atoms with Crippen molar-refractivity contribution >= 4 is 14.3 Å². The third-order valence-corrected chi connectivity index (χ3v) is 12.0. The fourth-order valence-electron chi connectivity index (χ4n) is 2.28. The van der Waals surface area contributed by atoms with E-state index in [9.17, 15) is 9.13 Å². The molecule has 12 heavy (non-hydrogen) atoms. The molecule has 0 bridgehead atoms. The van der Waals surface area contributed by atoms with Crippen molar-refractivity contribution in [3.63, 3.8) is 0 Å². The van der Waals surface area contributed by atoms with E-state index in [1.54, 1.807) is 0 Å². The van der Waals surface area contributed by atoms with E-state index >= 15 is 0 Å². The van der Waals surface area contributed by atoms with Crippen LogP contribution in [0.1, 0.15) is 20.8 Å². The molecule has 2 rings (SSSR count). The van der Waals surface area contributed by atoms with Gasteiger partial charge in [0.25, 0.3) is 0 Å². The molecule has 0 amide bonds. The molecule has 68 valence electrons. The van der Waals surface area contributed by atoms with Crippen LogP contribution in [0.25, 0.3) is 0 Å². The van der Waals surface area contributed by atoms with E-state index in [1.165, 1.54) is 0 Å². The van der Waals surface area contributed by atoms with E-state index in [2.05, 4.69) is 0 Å². The standard InChI is InChI=1S/C8H14O2P2/c1-4-11(9)6(3)7-8(11)12(7,10)5-2/h6H,4-5H2,1-3H3. The summed E-state index contributed by atoms with van der Waals surface area (Å²) in [6.07, 6.45) is 1.41. The van der Waals surface area contributed by atoms with Crippen LogP contribution >= 0.6 is 14.3 Å². The van der Waals surface area contributed by atoms with Crippen LogP contribution in [0.4, 0.5) is 0 Å². The third-order valence-electron chi connectivity index (χ3n) is 3.21. The quantitative estimate of drug-likeness (QED) is 0.646. The minimum atomic E-state index is -2.10. The van der Waals surface area contributed by atoms with E-state index < -0.39 is 14.3 Å². The molecule has 0 saturated heterocycles. The maximum Gasteiger partial charge on any atom is 0.144 e. The van der Waals surface area contributed by atoms with Gasteiger partial charge in [-0.25, -0.2) is 0 Å². The summed E-state index contributed by atoms with van der Waals surface area (Å²) < 4.78 is 24.0. The van der Waals surface area contributed by atoms with Crippen LogP contribution in [0.2, 0.25) is 0 Å². The van der Waals surface area contributed by atoms with Gasteiger partial charge in [-0.05, 0) is 0 Å². The molecule has 2 heterocycles. The topological polar surface area (TPSA) is 34.1 Å². The second-order valence-corrected chi connectivity index (χ2v) is 10.4. The van der Waals surface area contributed by atoms with Gasteiger partial charge in [0.2, 0.25) is 0 Å². The second kappa shape index (κ2) is 2.16. The number of hydrogen-bond acceptors (Lipinski definition) is 2. The van der Waals surface area contributed by atoms with Crippen LogP contribution in [0, 0.1) is 0 Å². The van der Waals surface area contributed by atoms with Crippen LogP contribution < -0.4 is 0 Å². The summed E-state index contributed by atoms with van der Waals surface area (Å²) in [5.41, 5.74) is 0.156. The summed E-state index contributed by atoms with van der Waals surface area (Å²) in [5, 5.41) is 2.02. The van der Waals surface area contributed by atoms with Crippen molar-refractivity contribution in [1.82, 2.24) is 0 Å². The van der Waals surface area contributed by atoms with E-state index in [0.717, 1.165) is 10.4 Å². The zero-order valence-corrected chi connectivity index (χ0v) is 9.49. The van der Waals surface area contributed by atoms with Crippen molar-refractivity contribution in [2.75, 3.05) is 12.3 Å². The van der Waals surface area contributed by atoms with Crippen molar-refractivity contribution in [1.29, 1.82) is 0 Å². The molecule has 0 aromatic heterocycles. The lowest BCUT2D eigenvalue weighted by atomic mass is 10.5. The van der Waals surface area contributed by atoms with Crippen LogP contribution in [0.5, 0.6) is 0 Å². The molecule has 0 fully saturated rings. The summed E-state index contributed by atoms with van der Waals surface area (Å²) in [7, 11) is -4.19. The molecule has 2 nitrogen and oxygen atoms in total. The molecule has 0 spiro atoms. The van der Waals surface area contributed by atoms with Crippen LogP contribution in [-0.2, 0) is 9.13 Å². The highest BCUT2D eigenvalue weighted by molar-refractivity contribution is 8.01.